The lowest BCUT2D eigenvalue weighted by atomic mass is 10.2. The van der Waals surface area contributed by atoms with Crippen LogP contribution in [0, 0.1) is 0 Å². The van der Waals surface area contributed by atoms with E-state index in [0.29, 0.717) is 19.4 Å². The number of amides is 1. The van der Waals surface area contributed by atoms with E-state index in [2.05, 4.69) is 26.5 Å². The van der Waals surface area contributed by atoms with Gasteiger partial charge in [-0.25, -0.2) is 0 Å². The van der Waals surface area contributed by atoms with Gasteiger partial charge in [-0.1, -0.05) is 0 Å². The molecule has 0 aromatic rings. The summed E-state index contributed by atoms with van der Waals surface area (Å²) in [6.07, 6.45) is 1.48. The highest BCUT2D eigenvalue weighted by atomic mass is 31.2. The Morgan fingerprint density at radius 3 is 2.25 bits per heavy atom. The first-order valence-electron chi connectivity index (χ1n) is 6.70. The molecule has 0 aromatic carbocycles. The summed E-state index contributed by atoms with van der Waals surface area (Å²) >= 11 is 0. The molecule has 0 saturated heterocycles. The SMILES string of the molecule is CC(O)(CCCNC(=O)CCC[N+](C)(C)C)P(=O)(O)O. The van der Waals surface area contributed by atoms with Crippen molar-refractivity contribution >= 4 is 13.5 Å². The molecule has 120 valence electrons. The number of quaternary nitrogens is 1. The molecule has 0 radical (unpaired) electrons. The van der Waals surface area contributed by atoms with Crippen LogP contribution in [0.4, 0.5) is 0 Å². The molecule has 0 aliphatic heterocycles. The molecule has 0 fully saturated rings. The summed E-state index contributed by atoms with van der Waals surface area (Å²) in [7, 11) is 1.64. The summed E-state index contributed by atoms with van der Waals surface area (Å²) in [4.78, 5) is 29.4. The maximum atomic E-state index is 11.5. The fourth-order valence-electron chi connectivity index (χ4n) is 1.60. The van der Waals surface area contributed by atoms with Gasteiger partial charge >= 0.3 is 7.60 Å². The first kappa shape index (κ1) is 19.5. The lowest BCUT2D eigenvalue weighted by Gasteiger charge is -2.24. The van der Waals surface area contributed by atoms with E-state index in [1.54, 1.807) is 0 Å². The van der Waals surface area contributed by atoms with Crippen LogP contribution in [0.3, 0.4) is 0 Å². The number of nitrogens with one attached hydrogen (secondary N) is 1. The standard InChI is InChI=1S/C12H27N2O5P/c1-12(16,20(17,18)19)8-6-9-13-11(15)7-5-10-14(2,3)4/h16H,5-10H2,1-4H3,(H2-,13,15,17,18,19)/p+1. The number of hydrogen-bond acceptors (Lipinski definition) is 3. The molecule has 0 heterocycles. The van der Waals surface area contributed by atoms with Crippen molar-refractivity contribution in [1.29, 1.82) is 0 Å². The van der Waals surface area contributed by atoms with Crippen molar-refractivity contribution in [3.8, 4) is 0 Å². The molecule has 1 atom stereocenters. The van der Waals surface area contributed by atoms with Crippen LogP contribution in [0.15, 0.2) is 0 Å². The van der Waals surface area contributed by atoms with E-state index in [9.17, 15) is 14.5 Å². The van der Waals surface area contributed by atoms with Gasteiger partial charge in [0, 0.05) is 19.4 Å². The van der Waals surface area contributed by atoms with Gasteiger partial charge in [-0.05, 0) is 19.8 Å². The number of aliphatic hydroxyl groups is 1. The first-order chi connectivity index (χ1) is 8.85. The highest BCUT2D eigenvalue weighted by Gasteiger charge is 2.39. The molecule has 0 aliphatic rings. The van der Waals surface area contributed by atoms with E-state index in [1.165, 1.54) is 0 Å². The van der Waals surface area contributed by atoms with Gasteiger partial charge in [0.2, 0.25) is 5.91 Å². The van der Waals surface area contributed by atoms with E-state index in [0.717, 1.165) is 24.4 Å². The van der Waals surface area contributed by atoms with Crippen molar-refractivity contribution in [1.82, 2.24) is 5.32 Å². The summed E-state index contributed by atoms with van der Waals surface area (Å²) in [6, 6.07) is 0. The normalized spacial score (nSPS) is 15.8. The van der Waals surface area contributed by atoms with Gasteiger partial charge in [0.25, 0.3) is 0 Å². The largest absolute Gasteiger partial charge is 0.378 e. The summed E-state index contributed by atoms with van der Waals surface area (Å²) in [6.45, 7) is 2.32. The van der Waals surface area contributed by atoms with Gasteiger partial charge in [0.05, 0.1) is 27.7 Å². The minimum atomic E-state index is -4.53. The number of nitrogens with zero attached hydrogens (tertiary/aromatic N) is 1. The molecule has 0 bridgehead atoms. The Labute approximate surface area is 120 Å². The van der Waals surface area contributed by atoms with Crippen LogP contribution in [0.25, 0.3) is 0 Å². The maximum absolute atomic E-state index is 11.5. The van der Waals surface area contributed by atoms with Gasteiger partial charge in [-0.3, -0.25) is 9.36 Å². The van der Waals surface area contributed by atoms with E-state index in [-0.39, 0.29) is 12.3 Å². The number of carbonyl (C=O) groups is 1. The third-order valence-electron chi connectivity index (χ3n) is 3.01. The zero-order valence-corrected chi connectivity index (χ0v) is 13.7. The Hall–Kier alpha value is -0.460. The van der Waals surface area contributed by atoms with Crippen LogP contribution in [0.5, 0.6) is 0 Å². The predicted octanol–water partition coefficient (Wildman–Crippen LogP) is 0.255. The average Bonchev–Trinajstić information content (AvgIpc) is 2.21. The smallest absolute Gasteiger partial charge is 0.356 e. The molecule has 0 aromatic heterocycles. The van der Waals surface area contributed by atoms with Crippen molar-refractivity contribution in [2.75, 3.05) is 34.2 Å². The van der Waals surface area contributed by atoms with Gasteiger partial charge in [0.1, 0.15) is 0 Å². The van der Waals surface area contributed by atoms with Crippen LogP contribution in [-0.4, -0.2) is 64.9 Å². The van der Waals surface area contributed by atoms with Crippen molar-refractivity contribution in [3.63, 3.8) is 0 Å². The number of rotatable bonds is 9. The van der Waals surface area contributed by atoms with Crippen LogP contribution in [0.2, 0.25) is 0 Å². The van der Waals surface area contributed by atoms with Crippen LogP contribution in [0.1, 0.15) is 32.6 Å². The van der Waals surface area contributed by atoms with Crippen molar-refractivity contribution in [3.05, 3.63) is 0 Å². The second-order valence-corrected chi connectivity index (χ2v) is 8.38. The third-order valence-corrected chi connectivity index (χ3v) is 4.49. The fourth-order valence-corrected chi connectivity index (χ4v) is 2.05. The zero-order valence-electron chi connectivity index (χ0n) is 12.8. The maximum Gasteiger partial charge on any atom is 0.356 e. The zero-order chi connectivity index (χ0) is 16.0. The van der Waals surface area contributed by atoms with Crippen molar-refractivity contribution in [2.24, 2.45) is 0 Å². The van der Waals surface area contributed by atoms with Crippen LogP contribution in [-0.2, 0) is 9.36 Å². The topological polar surface area (TPSA) is 107 Å². The Bertz CT molecular complexity index is 359. The molecule has 0 rings (SSSR count). The Morgan fingerprint density at radius 2 is 1.80 bits per heavy atom. The van der Waals surface area contributed by atoms with Gasteiger partial charge in [-0.15, -0.1) is 0 Å². The fraction of sp³-hybridized carbons (Fsp3) is 0.917. The van der Waals surface area contributed by atoms with Crippen LogP contribution >= 0.6 is 7.60 Å². The summed E-state index contributed by atoms with van der Waals surface area (Å²) < 4.78 is 11.8. The lowest BCUT2D eigenvalue weighted by Crippen LogP contribution is -2.36. The van der Waals surface area contributed by atoms with Gasteiger partial charge in [-0.2, -0.15) is 0 Å². The molecule has 7 nitrogen and oxygen atoms in total. The Kier molecular flexibility index (Phi) is 7.35. The minimum absolute atomic E-state index is 0.0591. The quantitative estimate of drug-likeness (QED) is 0.277. The number of carbonyl (C=O) groups excluding carboxylic acids is 1. The molecule has 1 amide bonds. The van der Waals surface area contributed by atoms with Gasteiger partial charge < -0.3 is 24.7 Å². The molecular formula is C12H28N2O5P+. The summed E-state index contributed by atoms with van der Waals surface area (Å²) in [5.41, 5.74) is 0. The van der Waals surface area contributed by atoms with Gasteiger partial charge in [0.15, 0.2) is 5.34 Å². The summed E-state index contributed by atoms with van der Waals surface area (Å²) in [5, 5.41) is 10.2. The molecule has 1 unspecified atom stereocenters. The monoisotopic (exact) mass is 311 g/mol. The number of hydrogen-bond donors (Lipinski definition) is 4. The third kappa shape index (κ3) is 8.66. The van der Waals surface area contributed by atoms with E-state index in [1.807, 2.05) is 0 Å². The highest BCUT2D eigenvalue weighted by molar-refractivity contribution is 7.53. The molecule has 0 spiro atoms. The van der Waals surface area contributed by atoms with E-state index >= 15 is 0 Å². The van der Waals surface area contributed by atoms with E-state index < -0.39 is 12.9 Å². The highest BCUT2D eigenvalue weighted by Crippen LogP contribution is 2.50. The first-order valence-corrected chi connectivity index (χ1v) is 8.31. The van der Waals surface area contributed by atoms with Crippen LogP contribution < -0.4 is 5.32 Å². The molecule has 4 N–H and O–H groups in total. The second kappa shape index (κ2) is 7.52. The predicted molar refractivity (Wildman–Crippen MR) is 77.0 cm³/mol. The average molecular weight is 311 g/mol. The Morgan fingerprint density at radius 1 is 1.25 bits per heavy atom. The molecule has 8 heteroatoms. The molecule has 0 saturated carbocycles. The summed E-state index contributed by atoms with van der Waals surface area (Å²) in [5.74, 6) is -0.0747. The molecular weight excluding hydrogens is 283 g/mol. The molecule has 20 heavy (non-hydrogen) atoms. The second-order valence-electron chi connectivity index (χ2n) is 6.33. The van der Waals surface area contributed by atoms with Crippen molar-refractivity contribution in [2.45, 2.75) is 37.9 Å². The van der Waals surface area contributed by atoms with E-state index in [4.69, 9.17) is 9.79 Å². The van der Waals surface area contributed by atoms with Crippen molar-refractivity contribution < 1.29 is 28.7 Å². The minimum Gasteiger partial charge on any atom is -0.378 e. The lowest BCUT2D eigenvalue weighted by molar-refractivity contribution is -0.870. The molecule has 0 aliphatic carbocycles. The Balaban J connectivity index is 3.81.